The predicted octanol–water partition coefficient (Wildman–Crippen LogP) is 2.27. The van der Waals surface area contributed by atoms with Crippen molar-refractivity contribution in [3.8, 4) is 0 Å². The molecule has 0 aromatic carbocycles. The van der Waals surface area contributed by atoms with Crippen molar-refractivity contribution in [3.05, 3.63) is 30.1 Å². The molecule has 1 atom stereocenters. The smallest absolute Gasteiger partial charge is 0.243 e. The van der Waals surface area contributed by atoms with Gasteiger partial charge in [0.05, 0.1) is 0 Å². The van der Waals surface area contributed by atoms with Gasteiger partial charge in [0.1, 0.15) is 6.04 Å². The van der Waals surface area contributed by atoms with Crippen molar-refractivity contribution in [2.24, 2.45) is 5.92 Å². The highest BCUT2D eigenvalue weighted by Gasteiger charge is 2.37. The first-order valence-electron chi connectivity index (χ1n) is 8.73. The van der Waals surface area contributed by atoms with E-state index in [9.17, 15) is 9.59 Å². The van der Waals surface area contributed by atoms with Gasteiger partial charge in [-0.3, -0.25) is 14.6 Å². The minimum Gasteiger partial charge on any atom is -0.350 e. The van der Waals surface area contributed by atoms with Crippen LogP contribution in [0.4, 0.5) is 0 Å². The molecule has 3 rings (SSSR count). The summed E-state index contributed by atoms with van der Waals surface area (Å²) in [5.74, 6) is 0.312. The van der Waals surface area contributed by atoms with Crippen LogP contribution in [-0.2, 0) is 16.1 Å². The Kier molecular flexibility index (Phi) is 5.26. The Morgan fingerprint density at radius 3 is 2.57 bits per heavy atom. The Balaban J connectivity index is 1.57. The van der Waals surface area contributed by atoms with Crippen molar-refractivity contribution >= 4 is 11.8 Å². The topological polar surface area (TPSA) is 62.3 Å². The number of hydrogen-bond donors (Lipinski definition) is 1. The van der Waals surface area contributed by atoms with Crippen LogP contribution < -0.4 is 5.32 Å². The van der Waals surface area contributed by atoms with Gasteiger partial charge in [0, 0.05) is 31.4 Å². The average molecular weight is 315 g/mol. The first kappa shape index (κ1) is 16.0. The fourth-order valence-corrected chi connectivity index (χ4v) is 3.69. The molecule has 2 amide bonds. The Morgan fingerprint density at radius 2 is 1.83 bits per heavy atom. The Morgan fingerprint density at radius 1 is 1.09 bits per heavy atom. The van der Waals surface area contributed by atoms with Gasteiger partial charge >= 0.3 is 0 Å². The highest BCUT2D eigenvalue weighted by atomic mass is 16.2. The fraction of sp³-hybridized carbons (Fsp3) is 0.611. The van der Waals surface area contributed by atoms with Crippen LogP contribution in [0.3, 0.4) is 0 Å². The van der Waals surface area contributed by atoms with E-state index in [0.29, 0.717) is 6.54 Å². The summed E-state index contributed by atoms with van der Waals surface area (Å²) in [7, 11) is 0. The molecule has 1 aromatic rings. The molecule has 124 valence electrons. The molecule has 5 nitrogen and oxygen atoms in total. The van der Waals surface area contributed by atoms with E-state index in [2.05, 4.69) is 10.3 Å². The van der Waals surface area contributed by atoms with Crippen LogP contribution in [-0.4, -0.2) is 34.3 Å². The molecule has 2 heterocycles. The summed E-state index contributed by atoms with van der Waals surface area (Å²) in [5, 5.41) is 2.97. The van der Waals surface area contributed by atoms with Gasteiger partial charge in [0.2, 0.25) is 11.8 Å². The highest BCUT2D eigenvalue weighted by Crippen LogP contribution is 2.28. The van der Waals surface area contributed by atoms with Gasteiger partial charge in [-0.2, -0.15) is 0 Å². The van der Waals surface area contributed by atoms with E-state index in [1.54, 1.807) is 12.4 Å². The first-order chi connectivity index (χ1) is 11.3. The van der Waals surface area contributed by atoms with E-state index < -0.39 is 0 Å². The summed E-state index contributed by atoms with van der Waals surface area (Å²) < 4.78 is 0. The minimum absolute atomic E-state index is 0.0246. The lowest BCUT2D eigenvalue weighted by atomic mass is 9.88. The van der Waals surface area contributed by atoms with E-state index in [1.165, 1.54) is 6.42 Å². The molecule has 1 aliphatic carbocycles. The number of carbonyl (C=O) groups excluding carboxylic acids is 2. The van der Waals surface area contributed by atoms with Gasteiger partial charge in [-0.05, 0) is 43.4 Å². The number of nitrogens with zero attached hydrogens (tertiary/aromatic N) is 2. The average Bonchev–Trinajstić information content (AvgIpc) is 3.10. The van der Waals surface area contributed by atoms with E-state index in [1.807, 2.05) is 17.0 Å². The Bertz CT molecular complexity index is 540. The third-order valence-electron chi connectivity index (χ3n) is 5.01. The molecule has 0 unspecified atom stereocenters. The maximum absolute atomic E-state index is 12.7. The van der Waals surface area contributed by atoms with Gasteiger partial charge in [-0.25, -0.2) is 0 Å². The van der Waals surface area contributed by atoms with Crippen molar-refractivity contribution in [1.82, 2.24) is 15.2 Å². The van der Waals surface area contributed by atoms with Crippen LogP contribution in [0.2, 0.25) is 0 Å². The Labute approximate surface area is 137 Å². The molecule has 1 aliphatic heterocycles. The summed E-state index contributed by atoms with van der Waals surface area (Å²) in [6, 6.07) is 3.49. The van der Waals surface area contributed by atoms with E-state index in [-0.39, 0.29) is 23.8 Å². The zero-order valence-corrected chi connectivity index (χ0v) is 13.5. The quantitative estimate of drug-likeness (QED) is 0.927. The van der Waals surface area contributed by atoms with Crippen LogP contribution >= 0.6 is 0 Å². The van der Waals surface area contributed by atoms with Crippen molar-refractivity contribution in [2.75, 3.05) is 6.54 Å². The number of aromatic nitrogens is 1. The molecular formula is C18H25N3O2. The van der Waals surface area contributed by atoms with Crippen LogP contribution in [0.15, 0.2) is 24.5 Å². The summed E-state index contributed by atoms with van der Waals surface area (Å²) >= 11 is 0. The molecule has 1 saturated heterocycles. The summed E-state index contributed by atoms with van der Waals surface area (Å²) in [6.45, 7) is 1.21. The molecule has 5 heteroatoms. The van der Waals surface area contributed by atoms with Crippen LogP contribution in [0.25, 0.3) is 0 Å². The number of likely N-dealkylation sites (tertiary alicyclic amines) is 1. The third kappa shape index (κ3) is 3.89. The van der Waals surface area contributed by atoms with Crippen LogP contribution in [0.5, 0.6) is 0 Å². The fourth-order valence-electron chi connectivity index (χ4n) is 3.69. The van der Waals surface area contributed by atoms with Gasteiger partial charge in [0.25, 0.3) is 0 Å². The first-order valence-corrected chi connectivity index (χ1v) is 8.73. The molecule has 23 heavy (non-hydrogen) atoms. The van der Waals surface area contributed by atoms with Crippen molar-refractivity contribution in [1.29, 1.82) is 0 Å². The van der Waals surface area contributed by atoms with Crippen LogP contribution in [0.1, 0.15) is 50.5 Å². The number of hydrogen-bond acceptors (Lipinski definition) is 3. The SMILES string of the molecule is O=C(NCc1ccncc1)[C@@H]1CCCN1C(=O)C1CCCCC1. The van der Waals surface area contributed by atoms with Crippen LogP contribution in [0, 0.1) is 5.92 Å². The summed E-state index contributed by atoms with van der Waals surface area (Å²) in [4.78, 5) is 31.0. The molecule has 0 spiro atoms. The molecular weight excluding hydrogens is 290 g/mol. The molecule has 2 fully saturated rings. The number of amides is 2. The summed E-state index contributed by atoms with van der Waals surface area (Å²) in [5.41, 5.74) is 1.02. The second-order valence-electron chi connectivity index (χ2n) is 6.60. The highest BCUT2D eigenvalue weighted by molar-refractivity contribution is 5.89. The number of pyridine rings is 1. The molecule has 1 saturated carbocycles. The van der Waals surface area contributed by atoms with Crippen molar-refractivity contribution in [2.45, 2.75) is 57.5 Å². The third-order valence-corrected chi connectivity index (χ3v) is 5.01. The number of carbonyl (C=O) groups is 2. The second kappa shape index (κ2) is 7.57. The summed E-state index contributed by atoms with van der Waals surface area (Å²) in [6.07, 6.45) is 10.6. The zero-order valence-electron chi connectivity index (χ0n) is 13.5. The minimum atomic E-state index is -0.286. The lowest BCUT2D eigenvalue weighted by molar-refractivity contribution is -0.142. The predicted molar refractivity (Wildman–Crippen MR) is 87.4 cm³/mol. The number of rotatable bonds is 4. The monoisotopic (exact) mass is 315 g/mol. The lowest BCUT2D eigenvalue weighted by Crippen LogP contribution is -2.47. The van der Waals surface area contributed by atoms with Crippen molar-refractivity contribution in [3.63, 3.8) is 0 Å². The van der Waals surface area contributed by atoms with E-state index in [4.69, 9.17) is 0 Å². The molecule has 0 bridgehead atoms. The van der Waals surface area contributed by atoms with Gasteiger partial charge in [0.15, 0.2) is 0 Å². The van der Waals surface area contributed by atoms with Crippen molar-refractivity contribution < 1.29 is 9.59 Å². The van der Waals surface area contributed by atoms with Gasteiger partial charge in [-0.1, -0.05) is 19.3 Å². The van der Waals surface area contributed by atoms with Gasteiger partial charge in [-0.15, -0.1) is 0 Å². The molecule has 1 aromatic heterocycles. The van der Waals surface area contributed by atoms with Gasteiger partial charge < -0.3 is 10.2 Å². The van der Waals surface area contributed by atoms with E-state index in [0.717, 1.165) is 50.6 Å². The maximum atomic E-state index is 12.7. The standard InChI is InChI=1S/C18H25N3O2/c22-17(20-13-14-8-10-19-11-9-14)16-7-4-12-21(16)18(23)15-5-2-1-3-6-15/h8-11,15-16H,1-7,12-13H2,(H,20,22)/t16-/m0/s1. The molecule has 0 radical (unpaired) electrons. The number of nitrogens with one attached hydrogen (secondary N) is 1. The molecule has 1 N–H and O–H groups in total. The van der Waals surface area contributed by atoms with E-state index >= 15 is 0 Å². The lowest BCUT2D eigenvalue weighted by Gasteiger charge is -2.30. The molecule has 2 aliphatic rings. The zero-order chi connectivity index (χ0) is 16.1. The largest absolute Gasteiger partial charge is 0.350 e. The Hall–Kier alpha value is -1.91. The maximum Gasteiger partial charge on any atom is 0.243 e. The normalized spacial score (nSPS) is 22.1. The second-order valence-corrected chi connectivity index (χ2v) is 6.60.